The molecule has 0 bridgehead atoms. The second-order valence-corrected chi connectivity index (χ2v) is 13.8. The number of amides is 2. The van der Waals surface area contributed by atoms with E-state index in [0.29, 0.717) is 16.8 Å². The Morgan fingerprint density at radius 3 is 2.28 bits per heavy atom. The van der Waals surface area contributed by atoms with Crippen molar-refractivity contribution in [2.75, 3.05) is 24.5 Å². The summed E-state index contributed by atoms with van der Waals surface area (Å²) in [4.78, 5) is 29.5. The molecule has 0 aliphatic carbocycles. The van der Waals surface area contributed by atoms with Gasteiger partial charge in [0, 0.05) is 25.1 Å². The standard InChI is InChI=1S/C36H39BrFN3O5S/c1-4-5-21-39-36(43)33(22-27-11-7-6-8-12-27)40(24-28-13-9-10-14-32(28)38)35(42)25-41(29-17-15-26(2)16-18-29)47(44,45)30-19-20-34(46-3)31(37)23-30/h6-20,23,33H,4-5,21-22,24-25H2,1-3H3,(H,39,43). The lowest BCUT2D eigenvalue weighted by atomic mass is 10.0. The quantitative estimate of drug-likeness (QED) is 0.139. The van der Waals surface area contributed by atoms with Gasteiger partial charge in [0.15, 0.2) is 0 Å². The average Bonchev–Trinajstić information content (AvgIpc) is 3.06. The van der Waals surface area contributed by atoms with Crippen LogP contribution in [0.4, 0.5) is 10.1 Å². The number of carbonyl (C=O) groups is 2. The van der Waals surface area contributed by atoms with Crippen LogP contribution >= 0.6 is 15.9 Å². The van der Waals surface area contributed by atoms with Gasteiger partial charge in [0.1, 0.15) is 24.2 Å². The molecule has 0 aliphatic heterocycles. The van der Waals surface area contributed by atoms with Crippen molar-refractivity contribution < 1.29 is 27.1 Å². The predicted octanol–water partition coefficient (Wildman–Crippen LogP) is 6.66. The van der Waals surface area contributed by atoms with Gasteiger partial charge in [0.05, 0.1) is 22.2 Å². The molecule has 47 heavy (non-hydrogen) atoms. The van der Waals surface area contributed by atoms with E-state index in [0.717, 1.165) is 28.3 Å². The van der Waals surface area contributed by atoms with Gasteiger partial charge in [-0.05, 0) is 71.2 Å². The van der Waals surface area contributed by atoms with Gasteiger partial charge in [0.2, 0.25) is 11.8 Å². The zero-order valence-corrected chi connectivity index (χ0v) is 29.1. The molecule has 0 saturated carbocycles. The lowest BCUT2D eigenvalue weighted by Crippen LogP contribution is -2.53. The Morgan fingerprint density at radius 2 is 1.64 bits per heavy atom. The molecule has 4 aromatic carbocycles. The highest BCUT2D eigenvalue weighted by atomic mass is 79.9. The number of benzene rings is 4. The molecule has 8 nitrogen and oxygen atoms in total. The summed E-state index contributed by atoms with van der Waals surface area (Å²) < 4.78 is 50.3. The summed E-state index contributed by atoms with van der Waals surface area (Å²) in [6, 6.07) is 25.3. The maximum Gasteiger partial charge on any atom is 0.264 e. The first-order chi connectivity index (χ1) is 22.5. The molecule has 4 rings (SSSR count). The third kappa shape index (κ3) is 9.20. The van der Waals surface area contributed by atoms with E-state index in [1.165, 1.54) is 36.3 Å². The summed E-state index contributed by atoms with van der Waals surface area (Å²) in [5, 5.41) is 2.93. The number of nitrogens with one attached hydrogen (secondary N) is 1. The number of nitrogens with zero attached hydrogens (tertiary/aromatic N) is 2. The average molecular weight is 725 g/mol. The van der Waals surface area contributed by atoms with Crippen molar-refractivity contribution in [1.82, 2.24) is 10.2 Å². The molecule has 0 spiro atoms. The highest BCUT2D eigenvalue weighted by Gasteiger charge is 2.35. The van der Waals surface area contributed by atoms with Gasteiger partial charge in [-0.15, -0.1) is 0 Å². The molecule has 4 aromatic rings. The maximum absolute atomic E-state index is 15.1. The Bertz CT molecular complexity index is 1770. The Kier molecular flexibility index (Phi) is 12.6. The number of hydrogen-bond acceptors (Lipinski definition) is 5. The molecule has 0 heterocycles. The first kappa shape index (κ1) is 35.6. The largest absolute Gasteiger partial charge is 0.496 e. The number of aryl methyl sites for hydroxylation is 1. The van der Waals surface area contributed by atoms with Crippen molar-refractivity contribution in [2.45, 2.75) is 50.6 Å². The summed E-state index contributed by atoms with van der Waals surface area (Å²) >= 11 is 3.36. The van der Waals surface area contributed by atoms with Crippen LogP contribution in [0.2, 0.25) is 0 Å². The Morgan fingerprint density at radius 1 is 0.957 bits per heavy atom. The molecule has 0 aromatic heterocycles. The van der Waals surface area contributed by atoms with E-state index in [1.807, 2.05) is 44.2 Å². The van der Waals surface area contributed by atoms with Crippen LogP contribution in [0.15, 0.2) is 106 Å². The number of unbranched alkanes of at least 4 members (excludes halogenated alkanes) is 1. The molecular weight excluding hydrogens is 685 g/mol. The summed E-state index contributed by atoms with van der Waals surface area (Å²) in [5.74, 6) is -1.18. The summed E-state index contributed by atoms with van der Waals surface area (Å²) in [7, 11) is -2.85. The van der Waals surface area contributed by atoms with E-state index >= 15 is 4.39 Å². The highest BCUT2D eigenvalue weighted by molar-refractivity contribution is 9.10. The van der Waals surface area contributed by atoms with E-state index in [9.17, 15) is 18.0 Å². The Hall–Kier alpha value is -4.22. The molecule has 248 valence electrons. The molecule has 1 atom stereocenters. The molecule has 2 amide bonds. The van der Waals surface area contributed by atoms with Crippen LogP contribution in [0.25, 0.3) is 0 Å². The fourth-order valence-corrected chi connectivity index (χ4v) is 7.18. The molecule has 0 radical (unpaired) electrons. The van der Waals surface area contributed by atoms with Crippen LogP contribution in [0, 0.1) is 12.7 Å². The molecule has 1 N–H and O–H groups in total. The lowest BCUT2D eigenvalue weighted by molar-refractivity contribution is -0.140. The Balaban J connectivity index is 1.81. The molecule has 0 aliphatic rings. The normalized spacial score (nSPS) is 11.9. The zero-order valence-electron chi connectivity index (χ0n) is 26.7. The highest BCUT2D eigenvalue weighted by Crippen LogP contribution is 2.31. The van der Waals surface area contributed by atoms with Crippen molar-refractivity contribution in [3.63, 3.8) is 0 Å². The minimum absolute atomic E-state index is 0.0719. The number of methoxy groups -OCH3 is 1. The molecule has 0 fully saturated rings. The van der Waals surface area contributed by atoms with Crippen LogP contribution in [-0.2, 0) is 32.6 Å². The molecular formula is C36H39BrFN3O5S. The van der Waals surface area contributed by atoms with Crippen molar-refractivity contribution >= 4 is 43.5 Å². The van der Waals surface area contributed by atoms with Crippen LogP contribution in [0.5, 0.6) is 5.75 Å². The first-order valence-electron chi connectivity index (χ1n) is 15.3. The van der Waals surface area contributed by atoms with E-state index in [2.05, 4.69) is 21.2 Å². The summed E-state index contributed by atoms with van der Waals surface area (Å²) in [6.07, 6.45) is 1.73. The maximum atomic E-state index is 15.1. The smallest absolute Gasteiger partial charge is 0.264 e. The summed E-state index contributed by atoms with van der Waals surface area (Å²) in [5.41, 5.74) is 2.15. The fraction of sp³-hybridized carbons (Fsp3) is 0.278. The number of carbonyl (C=O) groups excluding carboxylic acids is 2. The third-order valence-corrected chi connectivity index (χ3v) is 10.1. The Labute approximate surface area is 284 Å². The van der Waals surface area contributed by atoms with Crippen LogP contribution < -0.4 is 14.4 Å². The zero-order chi connectivity index (χ0) is 34.0. The van der Waals surface area contributed by atoms with Crippen LogP contribution in [0.3, 0.4) is 0 Å². The van der Waals surface area contributed by atoms with Crippen molar-refractivity contribution in [1.29, 1.82) is 0 Å². The van der Waals surface area contributed by atoms with Crippen LogP contribution in [0.1, 0.15) is 36.5 Å². The second kappa shape index (κ2) is 16.6. The van der Waals surface area contributed by atoms with Gasteiger partial charge >= 0.3 is 0 Å². The number of anilines is 1. The van der Waals surface area contributed by atoms with Gasteiger partial charge in [0.25, 0.3) is 10.0 Å². The minimum Gasteiger partial charge on any atom is -0.496 e. The van der Waals surface area contributed by atoms with Gasteiger partial charge in [-0.25, -0.2) is 12.8 Å². The van der Waals surface area contributed by atoms with Crippen LogP contribution in [-0.4, -0.2) is 51.4 Å². The fourth-order valence-electron chi connectivity index (χ4n) is 5.04. The number of ether oxygens (including phenoxy) is 1. The van der Waals surface area contributed by atoms with E-state index in [1.54, 1.807) is 42.5 Å². The number of rotatable bonds is 15. The van der Waals surface area contributed by atoms with E-state index in [-0.39, 0.29) is 29.1 Å². The van der Waals surface area contributed by atoms with Crippen molar-refractivity contribution in [2.24, 2.45) is 0 Å². The monoisotopic (exact) mass is 723 g/mol. The van der Waals surface area contributed by atoms with E-state index in [4.69, 9.17) is 4.74 Å². The number of sulfonamides is 1. The second-order valence-electron chi connectivity index (χ2n) is 11.1. The van der Waals surface area contributed by atoms with Gasteiger partial charge < -0.3 is 15.0 Å². The van der Waals surface area contributed by atoms with Crippen molar-refractivity contribution in [3.8, 4) is 5.75 Å². The topological polar surface area (TPSA) is 96.0 Å². The minimum atomic E-state index is -4.32. The van der Waals surface area contributed by atoms with Crippen molar-refractivity contribution in [3.05, 3.63) is 124 Å². The summed E-state index contributed by atoms with van der Waals surface area (Å²) in [6.45, 7) is 3.38. The van der Waals surface area contributed by atoms with E-state index < -0.39 is 40.2 Å². The third-order valence-electron chi connectivity index (χ3n) is 7.71. The lowest BCUT2D eigenvalue weighted by Gasteiger charge is -2.34. The molecule has 0 saturated heterocycles. The van der Waals surface area contributed by atoms with Gasteiger partial charge in [-0.3, -0.25) is 13.9 Å². The SMILES string of the molecule is CCCCNC(=O)C(Cc1ccccc1)N(Cc1ccccc1F)C(=O)CN(c1ccc(C)cc1)S(=O)(=O)c1ccc(OC)c(Br)c1. The number of hydrogen-bond donors (Lipinski definition) is 1. The number of halogens is 2. The van der Waals surface area contributed by atoms with Gasteiger partial charge in [-0.2, -0.15) is 0 Å². The predicted molar refractivity (Wildman–Crippen MR) is 185 cm³/mol. The molecule has 1 unspecified atom stereocenters. The van der Waals surface area contributed by atoms with Gasteiger partial charge in [-0.1, -0.05) is 79.6 Å². The first-order valence-corrected chi connectivity index (χ1v) is 17.6. The molecule has 11 heteroatoms.